The third-order valence-electron chi connectivity index (χ3n) is 3.44. The topological polar surface area (TPSA) is 42.1 Å². The number of benzene rings is 1. The van der Waals surface area contributed by atoms with Crippen molar-refractivity contribution in [1.29, 1.82) is 0 Å². The van der Waals surface area contributed by atoms with E-state index >= 15 is 0 Å². The third-order valence-corrected chi connectivity index (χ3v) is 4.99. The minimum absolute atomic E-state index is 0.522. The van der Waals surface area contributed by atoms with E-state index in [9.17, 15) is 0 Å². The molecule has 0 fully saturated rings. The Bertz CT molecular complexity index is 769. The van der Waals surface area contributed by atoms with Crippen LogP contribution in [0.4, 0.5) is 5.82 Å². The predicted octanol–water partition coefficient (Wildman–Crippen LogP) is 4.15. The van der Waals surface area contributed by atoms with Crippen molar-refractivity contribution in [3.63, 3.8) is 0 Å². The minimum Gasteiger partial charge on any atom is -0.355 e. The molecule has 5 heteroatoms. The first-order valence-corrected chi connectivity index (χ1v) is 8.37. The summed E-state index contributed by atoms with van der Waals surface area (Å²) in [5, 5.41) is 3.29. The zero-order valence-electron chi connectivity index (χ0n) is 11.7. The van der Waals surface area contributed by atoms with Gasteiger partial charge in [0.2, 0.25) is 0 Å². The van der Waals surface area contributed by atoms with Gasteiger partial charge in [0.25, 0.3) is 0 Å². The van der Waals surface area contributed by atoms with Crippen LogP contribution >= 0.6 is 27.3 Å². The number of para-hydroxylation sites is 1. The van der Waals surface area contributed by atoms with E-state index in [0.717, 1.165) is 32.6 Å². The van der Waals surface area contributed by atoms with Crippen LogP contribution in [0.5, 0.6) is 0 Å². The summed E-state index contributed by atoms with van der Waals surface area (Å²) >= 11 is 5.20. The van der Waals surface area contributed by atoms with Gasteiger partial charge in [-0.3, -0.25) is 0 Å². The van der Waals surface area contributed by atoms with E-state index in [0.29, 0.717) is 6.54 Å². The number of fused-ring (bicyclic) bond motifs is 1. The van der Waals surface area contributed by atoms with E-state index in [1.165, 1.54) is 5.56 Å². The van der Waals surface area contributed by atoms with E-state index in [1.54, 1.807) is 11.3 Å². The molecule has 0 spiro atoms. The number of thiophene rings is 1. The zero-order chi connectivity index (χ0) is 14.8. The first-order chi connectivity index (χ1) is 10.2. The van der Waals surface area contributed by atoms with Crippen molar-refractivity contribution in [1.82, 2.24) is 4.98 Å². The quantitative estimate of drug-likeness (QED) is 0.758. The Balaban J connectivity index is 1.95. The molecular formula is C16H16BrN3S. The molecule has 2 aromatic heterocycles. The zero-order valence-corrected chi connectivity index (χ0v) is 14.1. The van der Waals surface area contributed by atoms with Crippen molar-refractivity contribution in [2.75, 3.05) is 11.9 Å². The van der Waals surface area contributed by atoms with Crippen molar-refractivity contribution < 1.29 is 0 Å². The maximum atomic E-state index is 5.89. The Morgan fingerprint density at radius 2 is 2.10 bits per heavy atom. The summed E-state index contributed by atoms with van der Waals surface area (Å²) in [6.45, 7) is 1.35. The van der Waals surface area contributed by atoms with E-state index in [-0.39, 0.29) is 0 Å². The Labute approximate surface area is 136 Å². The van der Waals surface area contributed by atoms with Crippen LogP contribution in [0.2, 0.25) is 0 Å². The van der Waals surface area contributed by atoms with Gasteiger partial charge in [0.15, 0.2) is 0 Å². The highest BCUT2D eigenvalue weighted by atomic mass is 79.9. The van der Waals surface area contributed by atoms with Gasteiger partial charge in [0.1, 0.15) is 5.82 Å². The van der Waals surface area contributed by atoms with Crippen molar-refractivity contribution in [2.45, 2.75) is 13.1 Å². The highest BCUT2D eigenvalue weighted by molar-refractivity contribution is 9.11. The smallest absolute Gasteiger partial charge is 0.129 e. The molecule has 21 heavy (non-hydrogen) atoms. The molecule has 0 radical (unpaired) electrons. The average molecular weight is 362 g/mol. The Morgan fingerprint density at radius 3 is 2.81 bits per heavy atom. The second-order valence-electron chi connectivity index (χ2n) is 4.98. The molecule has 2 N–H and O–H groups in total. The molecule has 3 rings (SSSR count). The summed E-state index contributed by atoms with van der Waals surface area (Å²) in [6.07, 6.45) is 0. The number of nitrogens with two attached hydrogens (primary N) is 1. The highest BCUT2D eigenvalue weighted by Gasteiger charge is 2.09. The maximum Gasteiger partial charge on any atom is 0.129 e. The van der Waals surface area contributed by atoms with Crippen molar-refractivity contribution >= 4 is 44.0 Å². The van der Waals surface area contributed by atoms with Crippen LogP contribution < -0.4 is 10.6 Å². The molecule has 3 aromatic rings. The summed E-state index contributed by atoms with van der Waals surface area (Å²) in [4.78, 5) is 6.90. The molecule has 0 aliphatic rings. The van der Waals surface area contributed by atoms with Gasteiger partial charge in [-0.05, 0) is 50.6 Å². The summed E-state index contributed by atoms with van der Waals surface area (Å²) in [6, 6.07) is 12.4. The third kappa shape index (κ3) is 3.10. The summed E-state index contributed by atoms with van der Waals surface area (Å²) in [5.74, 6) is 0.955. The van der Waals surface area contributed by atoms with Gasteiger partial charge in [-0.25, -0.2) is 4.98 Å². The molecule has 0 aliphatic heterocycles. The highest BCUT2D eigenvalue weighted by Crippen LogP contribution is 2.25. The molecule has 3 nitrogen and oxygen atoms in total. The molecule has 0 saturated heterocycles. The molecule has 0 unspecified atom stereocenters. The van der Waals surface area contributed by atoms with E-state index in [2.05, 4.69) is 51.5 Å². The van der Waals surface area contributed by atoms with Crippen LogP contribution in [0.3, 0.4) is 0 Å². The van der Waals surface area contributed by atoms with Crippen LogP contribution in [0.25, 0.3) is 10.9 Å². The number of pyridine rings is 1. The van der Waals surface area contributed by atoms with Crippen LogP contribution in [-0.2, 0) is 13.1 Å². The molecule has 0 saturated carbocycles. The lowest BCUT2D eigenvalue weighted by atomic mass is 10.1. The van der Waals surface area contributed by atoms with Crippen LogP contribution in [-0.4, -0.2) is 12.0 Å². The van der Waals surface area contributed by atoms with Gasteiger partial charge >= 0.3 is 0 Å². The minimum atomic E-state index is 0.522. The van der Waals surface area contributed by atoms with Crippen molar-refractivity contribution in [3.8, 4) is 0 Å². The molecule has 0 amide bonds. The molecule has 108 valence electrons. The summed E-state index contributed by atoms with van der Waals surface area (Å²) in [5.41, 5.74) is 9.29. The lowest BCUT2D eigenvalue weighted by Crippen LogP contribution is -2.18. The number of rotatable bonds is 4. The first kappa shape index (κ1) is 14.5. The van der Waals surface area contributed by atoms with Gasteiger partial charge in [-0.2, -0.15) is 0 Å². The molecule has 0 atom stereocenters. The number of halogens is 1. The molecule has 1 aromatic carbocycles. The average Bonchev–Trinajstić information content (AvgIpc) is 2.91. The molecule has 0 bridgehead atoms. The fourth-order valence-corrected chi connectivity index (χ4v) is 3.58. The first-order valence-electron chi connectivity index (χ1n) is 6.70. The number of aromatic nitrogens is 1. The monoisotopic (exact) mass is 361 g/mol. The second-order valence-corrected chi connectivity index (χ2v) is 7.27. The van der Waals surface area contributed by atoms with Gasteiger partial charge in [0, 0.05) is 25.5 Å². The molecule has 2 heterocycles. The van der Waals surface area contributed by atoms with E-state index in [4.69, 9.17) is 10.7 Å². The maximum absolute atomic E-state index is 5.89. The SMILES string of the molecule is CN(Cc1csc(Br)c1)c1cc(CN)c2ccccc2n1. The molecule has 0 aliphatic carbocycles. The number of hydrogen-bond donors (Lipinski definition) is 1. The van der Waals surface area contributed by atoms with Gasteiger partial charge in [-0.15, -0.1) is 11.3 Å². The Morgan fingerprint density at radius 1 is 1.29 bits per heavy atom. The number of hydrogen-bond acceptors (Lipinski definition) is 4. The van der Waals surface area contributed by atoms with E-state index in [1.807, 2.05) is 18.2 Å². The Kier molecular flexibility index (Phi) is 4.24. The Hall–Kier alpha value is -1.43. The summed E-state index contributed by atoms with van der Waals surface area (Å²) in [7, 11) is 2.06. The second kappa shape index (κ2) is 6.13. The lowest BCUT2D eigenvalue weighted by molar-refractivity contribution is 0.902. The van der Waals surface area contributed by atoms with Crippen molar-refractivity contribution in [3.05, 3.63) is 56.7 Å². The lowest BCUT2D eigenvalue weighted by Gasteiger charge is -2.19. The predicted molar refractivity (Wildman–Crippen MR) is 93.8 cm³/mol. The molecular weight excluding hydrogens is 346 g/mol. The fraction of sp³-hybridized carbons (Fsp3) is 0.188. The van der Waals surface area contributed by atoms with Gasteiger partial charge < -0.3 is 10.6 Å². The van der Waals surface area contributed by atoms with Crippen molar-refractivity contribution in [2.24, 2.45) is 5.73 Å². The standard InChI is InChI=1S/C16H16BrN3S/c1-20(9-11-6-15(17)21-10-11)16-7-12(8-18)13-4-2-3-5-14(13)19-16/h2-7,10H,8-9,18H2,1H3. The number of nitrogens with zero attached hydrogens (tertiary/aromatic N) is 2. The van der Waals surface area contributed by atoms with Gasteiger partial charge in [0.05, 0.1) is 9.30 Å². The van der Waals surface area contributed by atoms with Crippen LogP contribution in [0.1, 0.15) is 11.1 Å². The van der Waals surface area contributed by atoms with Gasteiger partial charge in [-0.1, -0.05) is 18.2 Å². The number of anilines is 1. The van der Waals surface area contributed by atoms with E-state index < -0.39 is 0 Å². The van der Waals surface area contributed by atoms with Crippen LogP contribution in [0, 0.1) is 0 Å². The van der Waals surface area contributed by atoms with Crippen LogP contribution in [0.15, 0.2) is 45.6 Å². The summed E-state index contributed by atoms with van der Waals surface area (Å²) < 4.78 is 1.15. The normalized spacial score (nSPS) is 11.0. The fourth-order valence-electron chi connectivity index (χ4n) is 2.38. The largest absolute Gasteiger partial charge is 0.355 e.